The summed E-state index contributed by atoms with van der Waals surface area (Å²) in [5.74, 6) is -1.24. The van der Waals surface area contributed by atoms with Gasteiger partial charge in [-0.2, -0.15) is 0 Å². The van der Waals surface area contributed by atoms with Crippen LogP contribution >= 0.6 is 34.9 Å². The van der Waals surface area contributed by atoms with Gasteiger partial charge in [-0.25, -0.2) is 14.5 Å². The standard InChI is InChI=1S/C18H23N9O4S3.FH/c1-25(2)3-4-26-18(22-23-24-26)34-7-9-6-32-15-12(14(29)27(15)13(9)16(30)31)21-11(28)5-10-8-33-17(19)20-10;/h8,12,15H,3-7H2,1-2H3,(H2,19,20)(H,21,28)(H,30,31);1H/t12-,15-;/m1./s1. The SMILES string of the molecule is CN(C)CCn1nnnc1SCC1=C(C(=O)O)N2C(=O)[C@@H](NC(=O)Cc3csc(N)n3)[C@H]2SC1.F. The fourth-order valence-corrected chi connectivity index (χ4v) is 6.42. The first-order valence-electron chi connectivity index (χ1n) is 10.2. The van der Waals surface area contributed by atoms with Crippen molar-refractivity contribution in [3.8, 4) is 0 Å². The maximum absolute atomic E-state index is 12.8. The Morgan fingerprint density at radius 3 is 2.83 bits per heavy atom. The number of fused-ring (bicyclic) bond motifs is 1. The number of likely N-dealkylation sites (N-methyl/N-ethyl adjacent to an activating group) is 1. The molecule has 35 heavy (non-hydrogen) atoms. The highest BCUT2D eigenvalue weighted by molar-refractivity contribution is 8.01. The summed E-state index contributed by atoms with van der Waals surface area (Å²) in [6.45, 7) is 1.36. The largest absolute Gasteiger partial charge is 0.477 e. The molecule has 2 aromatic rings. The van der Waals surface area contributed by atoms with E-state index in [2.05, 4.69) is 25.8 Å². The van der Waals surface area contributed by atoms with Gasteiger partial charge in [0.1, 0.15) is 17.1 Å². The number of aromatic nitrogens is 5. The number of nitrogens with one attached hydrogen (secondary N) is 1. The maximum atomic E-state index is 12.8. The topological polar surface area (TPSA) is 172 Å². The molecule has 1 fully saturated rings. The van der Waals surface area contributed by atoms with Crippen molar-refractivity contribution in [2.24, 2.45) is 0 Å². The molecule has 1 saturated heterocycles. The first-order chi connectivity index (χ1) is 16.2. The second-order valence-corrected chi connectivity index (χ2v) is 10.8. The van der Waals surface area contributed by atoms with Gasteiger partial charge in [0.15, 0.2) is 5.13 Å². The third-order valence-corrected chi connectivity index (χ3v) is 8.22. The summed E-state index contributed by atoms with van der Waals surface area (Å²) in [5.41, 5.74) is 6.68. The number of hydrogen-bond acceptors (Lipinski definition) is 12. The number of carboxylic acid groups (broad SMARTS) is 1. The molecule has 2 atom stereocenters. The molecular weight excluding hydrogens is 521 g/mol. The van der Waals surface area contributed by atoms with E-state index in [-0.39, 0.29) is 22.7 Å². The van der Waals surface area contributed by atoms with Crippen molar-refractivity contribution in [1.29, 1.82) is 0 Å². The third-order valence-electron chi connectivity index (χ3n) is 5.11. The number of nitrogen functional groups attached to an aromatic ring is 1. The summed E-state index contributed by atoms with van der Waals surface area (Å²) in [6, 6.07) is -0.782. The third kappa shape index (κ3) is 5.91. The van der Waals surface area contributed by atoms with Crippen molar-refractivity contribution in [2.75, 3.05) is 37.9 Å². The Morgan fingerprint density at radius 2 is 2.17 bits per heavy atom. The average molecular weight is 546 g/mol. The summed E-state index contributed by atoms with van der Waals surface area (Å²) in [7, 11) is 3.90. The molecule has 4 N–H and O–H groups in total. The van der Waals surface area contributed by atoms with E-state index in [9.17, 15) is 19.5 Å². The number of thioether (sulfide) groups is 2. The Kier molecular flexibility index (Phi) is 8.68. The lowest BCUT2D eigenvalue weighted by Gasteiger charge is -2.49. The van der Waals surface area contributed by atoms with Crippen LogP contribution in [0.1, 0.15) is 5.69 Å². The van der Waals surface area contributed by atoms with Crippen LogP contribution in [-0.2, 0) is 27.3 Å². The number of hydrogen-bond donors (Lipinski definition) is 3. The molecule has 2 aliphatic heterocycles. The highest BCUT2D eigenvalue weighted by Gasteiger charge is 2.54. The first-order valence-corrected chi connectivity index (χ1v) is 13.1. The monoisotopic (exact) mass is 545 g/mol. The summed E-state index contributed by atoms with van der Waals surface area (Å²) in [4.78, 5) is 44.5. The Labute approximate surface area is 211 Å². The van der Waals surface area contributed by atoms with Gasteiger partial charge in [0.25, 0.3) is 5.91 Å². The summed E-state index contributed by atoms with van der Waals surface area (Å²) < 4.78 is 1.67. The van der Waals surface area contributed by atoms with E-state index in [0.29, 0.717) is 39.6 Å². The van der Waals surface area contributed by atoms with Crippen LogP contribution in [0, 0.1) is 0 Å². The number of carbonyl (C=O) groups excluding carboxylic acids is 2. The van der Waals surface area contributed by atoms with Crippen LogP contribution in [-0.4, -0.2) is 101 Å². The Bertz CT molecular complexity index is 1140. The van der Waals surface area contributed by atoms with Gasteiger partial charge in [-0.1, -0.05) is 11.8 Å². The second-order valence-electron chi connectivity index (χ2n) is 7.84. The smallest absolute Gasteiger partial charge is 0.352 e. The van der Waals surface area contributed by atoms with E-state index >= 15 is 0 Å². The molecule has 0 bridgehead atoms. The van der Waals surface area contributed by atoms with Gasteiger partial charge in [-0.15, -0.1) is 28.2 Å². The highest BCUT2D eigenvalue weighted by atomic mass is 32.2. The minimum Gasteiger partial charge on any atom is -0.477 e. The fraction of sp³-hybridized carbons (Fsp3) is 0.500. The minimum atomic E-state index is -1.18. The van der Waals surface area contributed by atoms with Gasteiger partial charge >= 0.3 is 5.97 Å². The molecule has 0 aliphatic carbocycles. The van der Waals surface area contributed by atoms with Gasteiger partial charge in [0.05, 0.1) is 18.7 Å². The number of rotatable bonds is 10. The van der Waals surface area contributed by atoms with Crippen molar-refractivity contribution in [3.05, 3.63) is 22.3 Å². The van der Waals surface area contributed by atoms with Crippen LogP contribution < -0.4 is 11.1 Å². The number of thiazole rings is 1. The van der Waals surface area contributed by atoms with Gasteiger partial charge in [0.2, 0.25) is 11.1 Å². The number of carbonyl (C=O) groups is 3. The number of carboxylic acids is 1. The zero-order chi connectivity index (χ0) is 24.4. The summed E-state index contributed by atoms with van der Waals surface area (Å²) in [6.07, 6.45) is 0.000917. The molecule has 0 aromatic carbocycles. The fourth-order valence-electron chi connectivity index (χ4n) is 3.47. The molecule has 2 amide bonds. The number of tetrazole rings is 1. The van der Waals surface area contributed by atoms with Gasteiger partial charge in [0, 0.05) is 23.4 Å². The number of nitrogens with two attached hydrogens (primary N) is 1. The maximum Gasteiger partial charge on any atom is 0.352 e. The van der Waals surface area contributed by atoms with Crippen LogP contribution in [0.5, 0.6) is 0 Å². The zero-order valence-electron chi connectivity index (χ0n) is 18.8. The number of anilines is 1. The number of nitrogens with zero attached hydrogens (tertiary/aromatic N) is 7. The average Bonchev–Trinajstić information content (AvgIpc) is 3.41. The number of aliphatic carboxylic acids is 1. The lowest BCUT2D eigenvalue weighted by Crippen LogP contribution is -2.70. The van der Waals surface area contributed by atoms with E-state index in [1.165, 1.54) is 39.8 Å². The predicted molar refractivity (Wildman–Crippen MR) is 130 cm³/mol. The predicted octanol–water partition coefficient (Wildman–Crippen LogP) is -0.501. The van der Waals surface area contributed by atoms with E-state index in [1.54, 1.807) is 10.1 Å². The van der Waals surface area contributed by atoms with E-state index < -0.39 is 23.3 Å². The molecule has 2 aliphatic rings. The van der Waals surface area contributed by atoms with Crippen molar-refractivity contribution >= 4 is 57.8 Å². The van der Waals surface area contributed by atoms with Crippen molar-refractivity contribution in [1.82, 2.24) is 40.3 Å². The van der Waals surface area contributed by atoms with Crippen molar-refractivity contribution < 1.29 is 24.2 Å². The van der Waals surface area contributed by atoms with Crippen molar-refractivity contribution in [3.63, 3.8) is 0 Å². The molecule has 17 heteroatoms. The molecule has 13 nitrogen and oxygen atoms in total. The molecule has 190 valence electrons. The lowest BCUT2D eigenvalue weighted by atomic mass is 10.0. The number of β-lactam (4-membered cyclic amide) rings is 1. The van der Waals surface area contributed by atoms with Crippen LogP contribution in [0.2, 0.25) is 0 Å². The second kappa shape index (κ2) is 11.3. The number of amides is 2. The van der Waals surface area contributed by atoms with Crippen molar-refractivity contribution in [2.45, 2.75) is 29.5 Å². The Morgan fingerprint density at radius 1 is 1.40 bits per heavy atom. The molecule has 0 unspecified atom stereocenters. The molecule has 2 aromatic heterocycles. The minimum absolute atomic E-state index is 0. The Hall–Kier alpha value is -2.76. The van der Waals surface area contributed by atoms with E-state index in [4.69, 9.17) is 5.73 Å². The molecule has 4 heterocycles. The summed E-state index contributed by atoms with van der Waals surface area (Å²) in [5, 5.41) is 26.4. The van der Waals surface area contributed by atoms with Crippen LogP contribution in [0.4, 0.5) is 9.84 Å². The van der Waals surface area contributed by atoms with Gasteiger partial charge in [-0.05, 0) is 30.1 Å². The highest BCUT2D eigenvalue weighted by Crippen LogP contribution is 2.41. The zero-order valence-corrected chi connectivity index (χ0v) is 21.2. The molecule has 0 spiro atoms. The summed E-state index contributed by atoms with van der Waals surface area (Å²) >= 11 is 3.98. The molecule has 4 rings (SSSR count). The Balaban J connectivity index is 0.00000342. The van der Waals surface area contributed by atoms with E-state index in [1.807, 2.05) is 19.0 Å². The first kappa shape index (κ1) is 26.8. The van der Waals surface area contributed by atoms with Crippen LogP contribution in [0.3, 0.4) is 0 Å². The van der Waals surface area contributed by atoms with Gasteiger partial charge in [-0.3, -0.25) is 19.2 Å². The van der Waals surface area contributed by atoms with Crippen LogP contribution in [0.15, 0.2) is 21.8 Å². The quantitative estimate of drug-likeness (QED) is 0.258. The van der Waals surface area contributed by atoms with Crippen LogP contribution in [0.25, 0.3) is 0 Å². The lowest BCUT2D eigenvalue weighted by molar-refractivity contribution is -0.150. The normalized spacial score (nSPS) is 19.3. The molecule has 0 saturated carbocycles. The van der Waals surface area contributed by atoms with E-state index in [0.717, 1.165) is 6.54 Å². The number of halogens is 1. The van der Waals surface area contributed by atoms with Gasteiger partial charge < -0.3 is 21.1 Å². The molecule has 0 radical (unpaired) electrons. The molecular formula is C18H24FN9O4S3.